The maximum atomic E-state index is 13.5. The lowest BCUT2D eigenvalue weighted by Crippen LogP contribution is -2.37. The summed E-state index contributed by atoms with van der Waals surface area (Å²) in [6.45, 7) is 1.84. The van der Waals surface area contributed by atoms with Crippen LogP contribution in [-0.2, 0) is 6.42 Å². The Labute approximate surface area is 180 Å². The molecule has 0 amide bonds. The van der Waals surface area contributed by atoms with Crippen LogP contribution < -0.4 is 10.2 Å². The second-order valence-electron chi connectivity index (χ2n) is 7.98. The number of aliphatic hydroxyl groups excluding tert-OH is 1. The SMILES string of the molecule is OCC1CCCN(c2cc(NC(Cc3ccc(F)cc3)c3ccc(F)cc3)ncn2)C1. The molecule has 2 heterocycles. The van der Waals surface area contributed by atoms with E-state index >= 15 is 0 Å². The van der Waals surface area contributed by atoms with E-state index in [1.54, 1.807) is 24.3 Å². The van der Waals surface area contributed by atoms with Gasteiger partial charge in [-0.05, 0) is 60.6 Å². The summed E-state index contributed by atoms with van der Waals surface area (Å²) >= 11 is 0. The van der Waals surface area contributed by atoms with Gasteiger partial charge in [0, 0.05) is 25.8 Å². The van der Waals surface area contributed by atoms with Crippen molar-refractivity contribution in [3.63, 3.8) is 0 Å². The summed E-state index contributed by atoms with van der Waals surface area (Å²) in [7, 11) is 0. The van der Waals surface area contributed by atoms with Crippen molar-refractivity contribution in [1.82, 2.24) is 9.97 Å². The van der Waals surface area contributed by atoms with Gasteiger partial charge in [-0.2, -0.15) is 0 Å². The molecule has 3 aromatic rings. The maximum absolute atomic E-state index is 13.5. The van der Waals surface area contributed by atoms with Crippen LogP contribution in [0.1, 0.15) is 30.0 Å². The van der Waals surface area contributed by atoms with Gasteiger partial charge in [-0.25, -0.2) is 18.7 Å². The minimum Gasteiger partial charge on any atom is -0.396 e. The molecule has 1 fully saturated rings. The van der Waals surface area contributed by atoms with E-state index in [9.17, 15) is 13.9 Å². The largest absolute Gasteiger partial charge is 0.396 e. The first-order valence-corrected chi connectivity index (χ1v) is 10.5. The lowest BCUT2D eigenvalue weighted by molar-refractivity contribution is 0.208. The third kappa shape index (κ3) is 5.55. The molecule has 2 atom stereocenters. The zero-order valence-electron chi connectivity index (χ0n) is 17.2. The molecule has 0 radical (unpaired) electrons. The number of hydrogen-bond donors (Lipinski definition) is 2. The van der Waals surface area contributed by atoms with Crippen LogP contribution in [0, 0.1) is 17.6 Å². The van der Waals surface area contributed by atoms with Gasteiger partial charge in [-0.3, -0.25) is 0 Å². The minimum atomic E-state index is -0.294. The molecule has 2 unspecified atom stereocenters. The van der Waals surface area contributed by atoms with E-state index in [1.165, 1.54) is 30.6 Å². The standard InChI is InChI=1S/C24H26F2N4O/c25-20-7-3-17(4-8-20)12-22(19-5-9-21(26)10-6-19)29-23-13-24(28-16-27-23)30-11-1-2-18(14-30)15-31/h3-10,13,16,18,22,31H,1-2,11-12,14-15H2,(H,27,28,29). The first-order valence-electron chi connectivity index (χ1n) is 10.5. The molecular weight excluding hydrogens is 398 g/mol. The van der Waals surface area contributed by atoms with Crippen LogP contribution in [0.5, 0.6) is 0 Å². The number of piperidine rings is 1. The summed E-state index contributed by atoms with van der Waals surface area (Å²) < 4.78 is 26.8. The molecule has 2 aromatic carbocycles. The molecule has 0 saturated carbocycles. The number of anilines is 2. The van der Waals surface area contributed by atoms with E-state index in [2.05, 4.69) is 20.2 Å². The molecule has 7 heteroatoms. The summed E-state index contributed by atoms with van der Waals surface area (Å²) in [4.78, 5) is 11.0. The topological polar surface area (TPSA) is 61.3 Å². The van der Waals surface area contributed by atoms with E-state index in [1.807, 2.05) is 6.07 Å². The van der Waals surface area contributed by atoms with Crippen LogP contribution in [0.3, 0.4) is 0 Å². The monoisotopic (exact) mass is 424 g/mol. The fourth-order valence-electron chi connectivity index (χ4n) is 4.00. The highest BCUT2D eigenvalue weighted by molar-refractivity contribution is 5.50. The van der Waals surface area contributed by atoms with Crippen molar-refractivity contribution in [1.29, 1.82) is 0 Å². The lowest BCUT2D eigenvalue weighted by Gasteiger charge is -2.32. The van der Waals surface area contributed by atoms with Crippen molar-refractivity contribution < 1.29 is 13.9 Å². The van der Waals surface area contributed by atoms with Crippen LogP contribution in [0.4, 0.5) is 20.4 Å². The van der Waals surface area contributed by atoms with Gasteiger partial charge in [0.1, 0.15) is 29.6 Å². The molecule has 0 spiro atoms. The van der Waals surface area contributed by atoms with E-state index < -0.39 is 0 Å². The summed E-state index contributed by atoms with van der Waals surface area (Å²) in [5.41, 5.74) is 1.86. The van der Waals surface area contributed by atoms with Gasteiger partial charge in [0.05, 0.1) is 6.04 Å². The van der Waals surface area contributed by atoms with Crippen LogP contribution >= 0.6 is 0 Å². The second kappa shape index (κ2) is 9.83. The number of nitrogens with zero attached hydrogens (tertiary/aromatic N) is 3. The number of aliphatic hydroxyl groups is 1. The number of aromatic nitrogens is 2. The molecule has 1 aliphatic heterocycles. The molecule has 0 bridgehead atoms. The molecule has 162 valence electrons. The van der Waals surface area contributed by atoms with Gasteiger partial charge >= 0.3 is 0 Å². The zero-order valence-corrected chi connectivity index (χ0v) is 17.2. The van der Waals surface area contributed by atoms with E-state index in [-0.39, 0.29) is 30.2 Å². The van der Waals surface area contributed by atoms with Crippen molar-refractivity contribution >= 4 is 11.6 Å². The van der Waals surface area contributed by atoms with Gasteiger partial charge in [-0.15, -0.1) is 0 Å². The molecule has 31 heavy (non-hydrogen) atoms. The summed E-state index contributed by atoms with van der Waals surface area (Å²) in [5.74, 6) is 1.16. The third-order valence-electron chi connectivity index (χ3n) is 5.70. The average Bonchev–Trinajstić information content (AvgIpc) is 2.81. The van der Waals surface area contributed by atoms with Crippen molar-refractivity contribution in [2.45, 2.75) is 25.3 Å². The van der Waals surface area contributed by atoms with Crippen LogP contribution in [0.2, 0.25) is 0 Å². The smallest absolute Gasteiger partial charge is 0.134 e. The number of benzene rings is 2. The Morgan fingerprint density at radius 3 is 2.45 bits per heavy atom. The fourth-order valence-corrected chi connectivity index (χ4v) is 4.00. The number of rotatable bonds is 7. The van der Waals surface area contributed by atoms with Gasteiger partial charge in [-0.1, -0.05) is 24.3 Å². The van der Waals surface area contributed by atoms with Crippen LogP contribution in [-0.4, -0.2) is 34.8 Å². The Balaban J connectivity index is 1.56. The highest BCUT2D eigenvalue weighted by Gasteiger charge is 2.21. The molecule has 1 aromatic heterocycles. The normalized spacial score (nSPS) is 17.4. The predicted octanol–water partition coefficient (Wildman–Crippen LogP) is 4.36. The maximum Gasteiger partial charge on any atom is 0.134 e. The van der Waals surface area contributed by atoms with E-state index in [0.717, 1.165) is 42.9 Å². The summed E-state index contributed by atoms with van der Waals surface area (Å²) in [6.07, 6.45) is 4.15. The van der Waals surface area contributed by atoms with Gasteiger partial charge in [0.2, 0.25) is 0 Å². The minimum absolute atomic E-state index is 0.178. The summed E-state index contributed by atoms with van der Waals surface area (Å²) in [5, 5.41) is 12.9. The van der Waals surface area contributed by atoms with Crippen LogP contribution in [0.25, 0.3) is 0 Å². The Bertz CT molecular complexity index is 982. The number of hydrogen-bond acceptors (Lipinski definition) is 5. The Hall–Kier alpha value is -3.06. The molecular formula is C24H26F2N4O. The Kier molecular flexibility index (Phi) is 6.72. The van der Waals surface area contributed by atoms with E-state index in [0.29, 0.717) is 12.2 Å². The Morgan fingerprint density at radius 2 is 1.74 bits per heavy atom. The first-order chi connectivity index (χ1) is 15.1. The summed E-state index contributed by atoms with van der Waals surface area (Å²) in [6, 6.07) is 14.5. The average molecular weight is 424 g/mol. The highest BCUT2D eigenvalue weighted by Crippen LogP contribution is 2.26. The van der Waals surface area contributed by atoms with Crippen molar-refractivity contribution in [3.8, 4) is 0 Å². The Morgan fingerprint density at radius 1 is 1.03 bits per heavy atom. The quantitative estimate of drug-likeness (QED) is 0.590. The van der Waals surface area contributed by atoms with Gasteiger partial charge < -0.3 is 15.3 Å². The van der Waals surface area contributed by atoms with Crippen molar-refractivity contribution in [2.24, 2.45) is 5.92 Å². The number of halogens is 2. The molecule has 4 rings (SSSR count). The lowest BCUT2D eigenvalue weighted by atomic mass is 9.98. The predicted molar refractivity (Wildman–Crippen MR) is 117 cm³/mol. The number of nitrogens with one attached hydrogen (secondary N) is 1. The molecule has 1 saturated heterocycles. The van der Waals surface area contributed by atoms with E-state index in [4.69, 9.17) is 0 Å². The van der Waals surface area contributed by atoms with Gasteiger partial charge in [0.25, 0.3) is 0 Å². The van der Waals surface area contributed by atoms with Crippen LogP contribution in [0.15, 0.2) is 60.9 Å². The van der Waals surface area contributed by atoms with Crippen molar-refractivity contribution in [3.05, 3.63) is 83.7 Å². The zero-order chi connectivity index (χ0) is 21.6. The third-order valence-corrected chi connectivity index (χ3v) is 5.70. The molecule has 2 N–H and O–H groups in total. The molecule has 1 aliphatic rings. The molecule has 0 aliphatic carbocycles. The highest BCUT2D eigenvalue weighted by atomic mass is 19.1. The molecule has 5 nitrogen and oxygen atoms in total. The van der Waals surface area contributed by atoms with Crippen molar-refractivity contribution in [2.75, 3.05) is 29.9 Å². The first kappa shape index (κ1) is 21.2. The second-order valence-corrected chi connectivity index (χ2v) is 7.98. The fraction of sp³-hybridized carbons (Fsp3) is 0.333. The van der Waals surface area contributed by atoms with Gasteiger partial charge in [0.15, 0.2) is 0 Å².